The molecule has 1 aliphatic rings. The molecule has 0 radical (unpaired) electrons. The maximum absolute atomic E-state index is 11.9. The lowest BCUT2D eigenvalue weighted by atomic mass is 10.00. The van der Waals surface area contributed by atoms with Crippen LogP contribution in [0.5, 0.6) is 0 Å². The normalized spacial score (nSPS) is 17.1. The molecule has 1 heterocycles. The van der Waals surface area contributed by atoms with Crippen LogP contribution in [0.3, 0.4) is 0 Å². The second-order valence-electron chi connectivity index (χ2n) is 4.35. The second kappa shape index (κ2) is 4.93. The summed E-state index contributed by atoms with van der Waals surface area (Å²) in [4.78, 5) is 14.6. The molecule has 0 amide bonds. The Kier molecular flexibility index (Phi) is 3.57. The molecule has 1 nitrogen and oxygen atoms in total. The number of aryl methyl sites for hydroxylation is 1. The van der Waals surface area contributed by atoms with E-state index in [0.29, 0.717) is 18.1 Å². The number of hydrogen-bond acceptors (Lipinski definition) is 2. The van der Waals surface area contributed by atoms with Crippen LogP contribution in [-0.4, -0.2) is 5.78 Å². The van der Waals surface area contributed by atoms with Gasteiger partial charge in [-0.25, -0.2) is 0 Å². The number of Topliss-reactive ketones (excluding diaryl/α,β-unsaturated/α-hetero) is 1. The van der Waals surface area contributed by atoms with Crippen molar-refractivity contribution in [1.82, 2.24) is 0 Å². The average molecular weight is 222 g/mol. The average Bonchev–Trinajstić information content (AvgIpc) is 2.87. The van der Waals surface area contributed by atoms with Crippen molar-refractivity contribution >= 4 is 17.1 Å². The van der Waals surface area contributed by atoms with E-state index in [0.717, 1.165) is 19.3 Å². The molecule has 1 aromatic rings. The topological polar surface area (TPSA) is 17.1 Å². The van der Waals surface area contributed by atoms with Crippen molar-refractivity contribution in [2.75, 3.05) is 0 Å². The Morgan fingerprint density at radius 1 is 1.33 bits per heavy atom. The quantitative estimate of drug-likeness (QED) is 0.760. The van der Waals surface area contributed by atoms with Crippen molar-refractivity contribution < 1.29 is 4.79 Å². The van der Waals surface area contributed by atoms with Crippen LogP contribution in [0, 0.1) is 5.92 Å². The summed E-state index contributed by atoms with van der Waals surface area (Å²) in [7, 11) is 0. The van der Waals surface area contributed by atoms with Crippen LogP contribution in [0.2, 0.25) is 0 Å². The van der Waals surface area contributed by atoms with E-state index in [-0.39, 0.29) is 0 Å². The summed E-state index contributed by atoms with van der Waals surface area (Å²) in [5.74, 6) is 0.842. The molecule has 1 fully saturated rings. The maximum Gasteiger partial charge on any atom is 0.141 e. The third-order valence-electron chi connectivity index (χ3n) is 3.22. The fraction of sp³-hybridized carbons (Fsp3) is 0.615. The molecule has 1 saturated carbocycles. The fourth-order valence-electron chi connectivity index (χ4n) is 2.27. The number of carbonyl (C=O) groups is 1. The molecule has 0 aromatic carbocycles. The first-order valence-corrected chi connectivity index (χ1v) is 6.71. The molecule has 0 N–H and O–H groups in total. The van der Waals surface area contributed by atoms with Gasteiger partial charge in [0.1, 0.15) is 5.78 Å². The van der Waals surface area contributed by atoms with Crippen molar-refractivity contribution in [3.8, 4) is 0 Å². The van der Waals surface area contributed by atoms with E-state index in [1.165, 1.54) is 22.6 Å². The predicted molar refractivity (Wildman–Crippen MR) is 64.4 cm³/mol. The highest BCUT2D eigenvalue weighted by atomic mass is 32.1. The van der Waals surface area contributed by atoms with Gasteiger partial charge in [-0.2, -0.15) is 0 Å². The number of carbonyl (C=O) groups excluding carboxylic acids is 1. The summed E-state index contributed by atoms with van der Waals surface area (Å²) < 4.78 is 0. The zero-order valence-electron chi connectivity index (χ0n) is 9.29. The first-order chi connectivity index (χ1) is 7.29. The van der Waals surface area contributed by atoms with Crippen molar-refractivity contribution in [3.05, 3.63) is 21.9 Å². The lowest BCUT2D eigenvalue weighted by Gasteiger charge is -2.05. The zero-order chi connectivity index (χ0) is 10.7. The summed E-state index contributed by atoms with van der Waals surface area (Å²) in [5.41, 5.74) is 0. The minimum Gasteiger partial charge on any atom is -0.299 e. The van der Waals surface area contributed by atoms with Crippen LogP contribution in [0.1, 0.15) is 42.4 Å². The molecule has 2 rings (SSSR count). The SMILES string of the molecule is CCc1ccc(CC(=O)C2CCCC2)s1. The Morgan fingerprint density at radius 2 is 2.00 bits per heavy atom. The van der Waals surface area contributed by atoms with Crippen LogP contribution >= 0.6 is 11.3 Å². The van der Waals surface area contributed by atoms with Crippen LogP contribution in [0.25, 0.3) is 0 Å². The summed E-state index contributed by atoms with van der Waals surface area (Å²) in [6.45, 7) is 2.16. The van der Waals surface area contributed by atoms with Gasteiger partial charge in [-0.05, 0) is 31.4 Å². The molecule has 0 aliphatic heterocycles. The molecule has 0 spiro atoms. The molecule has 1 aliphatic carbocycles. The highest BCUT2D eigenvalue weighted by Gasteiger charge is 2.22. The van der Waals surface area contributed by atoms with Gasteiger partial charge in [-0.3, -0.25) is 4.79 Å². The Morgan fingerprint density at radius 3 is 2.60 bits per heavy atom. The monoisotopic (exact) mass is 222 g/mol. The number of rotatable bonds is 4. The van der Waals surface area contributed by atoms with Gasteiger partial charge < -0.3 is 0 Å². The van der Waals surface area contributed by atoms with Gasteiger partial charge >= 0.3 is 0 Å². The Bertz CT molecular complexity index is 334. The van der Waals surface area contributed by atoms with Crippen LogP contribution in [-0.2, 0) is 17.6 Å². The standard InChI is InChI=1S/C13H18OS/c1-2-11-7-8-12(15-11)9-13(14)10-5-3-4-6-10/h7-8,10H,2-6,9H2,1H3. The minimum absolute atomic E-state index is 0.372. The zero-order valence-corrected chi connectivity index (χ0v) is 10.1. The van der Waals surface area contributed by atoms with Gasteiger partial charge in [0.25, 0.3) is 0 Å². The highest BCUT2D eigenvalue weighted by Crippen LogP contribution is 2.27. The third kappa shape index (κ3) is 2.69. The van der Waals surface area contributed by atoms with Gasteiger partial charge in [0.05, 0.1) is 0 Å². The van der Waals surface area contributed by atoms with E-state index in [4.69, 9.17) is 0 Å². The molecule has 0 bridgehead atoms. The Balaban J connectivity index is 1.92. The smallest absolute Gasteiger partial charge is 0.141 e. The maximum atomic E-state index is 11.9. The second-order valence-corrected chi connectivity index (χ2v) is 5.60. The number of hydrogen-bond donors (Lipinski definition) is 0. The Hall–Kier alpha value is -0.630. The molecule has 1 aromatic heterocycles. The molecule has 0 saturated heterocycles. The summed E-state index contributed by atoms with van der Waals surface area (Å²) in [6.07, 6.45) is 6.52. The van der Waals surface area contributed by atoms with Gasteiger partial charge in [0, 0.05) is 22.1 Å². The first kappa shape index (κ1) is 10.9. The largest absolute Gasteiger partial charge is 0.299 e. The van der Waals surface area contributed by atoms with Crippen molar-refractivity contribution in [3.63, 3.8) is 0 Å². The molecule has 0 unspecified atom stereocenters. The molecular weight excluding hydrogens is 204 g/mol. The van der Waals surface area contributed by atoms with Crippen LogP contribution in [0.4, 0.5) is 0 Å². The first-order valence-electron chi connectivity index (χ1n) is 5.90. The Labute approximate surface area is 95.5 Å². The van der Waals surface area contributed by atoms with E-state index in [9.17, 15) is 4.79 Å². The van der Waals surface area contributed by atoms with Gasteiger partial charge in [-0.15, -0.1) is 11.3 Å². The number of ketones is 1. The fourth-order valence-corrected chi connectivity index (χ4v) is 3.24. The van der Waals surface area contributed by atoms with Crippen molar-refractivity contribution in [2.45, 2.75) is 45.4 Å². The molecule has 2 heteroatoms. The molecule has 15 heavy (non-hydrogen) atoms. The third-order valence-corrected chi connectivity index (χ3v) is 4.45. The van der Waals surface area contributed by atoms with E-state index >= 15 is 0 Å². The van der Waals surface area contributed by atoms with Crippen molar-refractivity contribution in [2.24, 2.45) is 5.92 Å². The molecular formula is C13H18OS. The van der Waals surface area contributed by atoms with E-state index in [2.05, 4.69) is 19.1 Å². The van der Waals surface area contributed by atoms with Gasteiger partial charge in [0.2, 0.25) is 0 Å². The van der Waals surface area contributed by atoms with Crippen molar-refractivity contribution in [1.29, 1.82) is 0 Å². The summed E-state index contributed by atoms with van der Waals surface area (Å²) in [5, 5.41) is 0. The summed E-state index contributed by atoms with van der Waals surface area (Å²) in [6, 6.07) is 4.28. The molecule has 82 valence electrons. The van der Waals surface area contributed by atoms with E-state index < -0.39 is 0 Å². The predicted octanol–water partition coefficient (Wildman–Crippen LogP) is 3.61. The minimum atomic E-state index is 0.372. The van der Waals surface area contributed by atoms with E-state index in [1.807, 2.05) is 0 Å². The number of thiophene rings is 1. The summed E-state index contributed by atoms with van der Waals surface area (Å²) >= 11 is 1.80. The van der Waals surface area contributed by atoms with Crippen LogP contribution in [0.15, 0.2) is 12.1 Å². The lowest BCUT2D eigenvalue weighted by molar-refractivity contribution is -0.121. The van der Waals surface area contributed by atoms with Crippen LogP contribution < -0.4 is 0 Å². The lowest BCUT2D eigenvalue weighted by Crippen LogP contribution is -2.12. The molecule has 0 atom stereocenters. The van der Waals surface area contributed by atoms with E-state index in [1.54, 1.807) is 11.3 Å². The highest BCUT2D eigenvalue weighted by molar-refractivity contribution is 7.12. The van der Waals surface area contributed by atoms with Gasteiger partial charge in [0.15, 0.2) is 0 Å². The van der Waals surface area contributed by atoms with Gasteiger partial charge in [-0.1, -0.05) is 19.8 Å².